The van der Waals surface area contributed by atoms with Gasteiger partial charge in [0.15, 0.2) is 0 Å². The molecule has 6 heteroatoms. The number of benzene rings is 2. The van der Waals surface area contributed by atoms with Gasteiger partial charge < -0.3 is 10.3 Å². The van der Waals surface area contributed by atoms with Crippen LogP contribution in [0.3, 0.4) is 0 Å². The molecule has 1 aromatic heterocycles. The summed E-state index contributed by atoms with van der Waals surface area (Å²) in [6.45, 7) is 0. The van der Waals surface area contributed by atoms with Crippen LogP contribution in [0.25, 0.3) is 22.4 Å². The highest BCUT2D eigenvalue weighted by atomic mass is 79.9. The van der Waals surface area contributed by atoms with Crippen LogP contribution in [0.15, 0.2) is 55.9 Å². The predicted octanol–water partition coefficient (Wildman–Crippen LogP) is 5.77. The summed E-state index contributed by atoms with van der Waals surface area (Å²) in [7, 11) is 0. The zero-order chi connectivity index (χ0) is 15.0. The van der Waals surface area contributed by atoms with E-state index in [1.807, 2.05) is 42.5 Å². The van der Waals surface area contributed by atoms with E-state index < -0.39 is 0 Å². The van der Waals surface area contributed by atoms with Crippen LogP contribution in [-0.2, 0) is 0 Å². The fraction of sp³-hybridized carbons (Fsp3) is 0. The molecule has 0 fully saturated rings. The summed E-state index contributed by atoms with van der Waals surface area (Å²) in [5.74, 6) is 0.281. The molecule has 0 unspecified atom stereocenters. The summed E-state index contributed by atoms with van der Waals surface area (Å²) in [6, 6.07) is 13.4. The Hall–Kier alpha value is -1.30. The molecule has 0 bridgehead atoms. The largest absolute Gasteiger partial charge is 0.367 e. The Morgan fingerprint density at radius 1 is 0.952 bits per heavy atom. The van der Waals surface area contributed by atoms with Crippen LogP contribution in [0.1, 0.15) is 0 Å². The number of halogens is 3. The number of hydrogen-bond donors (Lipinski definition) is 1. The normalized spacial score (nSPS) is 10.8. The van der Waals surface area contributed by atoms with Gasteiger partial charge in [0.05, 0.1) is 5.56 Å². The number of nitrogens with two attached hydrogens (primary N) is 1. The van der Waals surface area contributed by atoms with Gasteiger partial charge in [0.2, 0.25) is 5.88 Å². The van der Waals surface area contributed by atoms with Gasteiger partial charge in [0, 0.05) is 19.5 Å². The van der Waals surface area contributed by atoms with Gasteiger partial charge in [0.25, 0.3) is 0 Å². The Bertz CT molecular complexity index is 780. The molecule has 2 N–H and O–H groups in total. The molecule has 106 valence electrons. The molecule has 1 heterocycles. The third-order valence-corrected chi connectivity index (χ3v) is 4.19. The molecule has 0 aliphatic heterocycles. The van der Waals surface area contributed by atoms with Crippen LogP contribution in [0.5, 0.6) is 0 Å². The Morgan fingerprint density at radius 3 is 2.33 bits per heavy atom. The molecule has 2 aromatic carbocycles. The third kappa shape index (κ3) is 3.00. The second-order valence-corrected chi connectivity index (χ2v) is 6.70. The number of rotatable bonds is 2. The summed E-state index contributed by atoms with van der Waals surface area (Å²) in [6.07, 6.45) is 0. The summed E-state index contributed by atoms with van der Waals surface area (Å²) in [4.78, 5) is 0. The maximum atomic E-state index is 6.10. The number of nitrogens with zero attached hydrogens (tertiary/aromatic N) is 1. The monoisotopic (exact) mass is 426 g/mol. The van der Waals surface area contributed by atoms with Crippen molar-refractivity contribution in [1.82, 2.24) is 5.16 Å². The van der Waals surface area contributed by atoms with E-state index in [-0.39, 0.29) is 5.88 Å². The Morgan fingerprint density at radius 2 is 1.67 bits per heavy atom. The molecule has 0 spiro atoms. The van der Waals surface area contributed by atoms with Crippen molar-refractivity contribution in [3.05, 3.63) is 56.4 Å². The van der Waals surface area contributed by atoms with Gasteiger partial charge in [-0.15, -0.1) is 0 Å². The van der Waals surface area contributed by atoms with Gasteiger partial charge in [-0.25, -0.2) is 0 Å². The van der Waals surface area contributed by atoms with Crippen LogP contribution in [0.2, 0.25) is 5.02 Å². The molecule has 0 atom stereocenters. The van der Waals surface area contributed by atoms with Crippen LogP contribution in [0.4, 0.5) is 5.88 Å². The molecular weight excluding hydrogens is 419 g/mol. The van der Waals surface area contributed by atoms with Gasteiger partial charge in [-0.2, -0.15) is 0 Å². The molecule has 0 aliphatic rings. The SMILES string of the molecule is Nc1onc(-c2cc(Cl)cc(Br)c2)c1-c1ccc(Br)cc1. The van der Waals surface area contributed by atoms with Crippen molar-refractivity contribution < 1.29 is 4.52 Å². The molecule has 21 heavy (non-hydrogen) atoms. The van der Waals surface area contributed by atoms with Crippen LogP contribution < -0.4 is 5.73 Å². The molecule has 0 amide bonds. The summed E-state index contributed by atoms with van der Waals surface area (Å²) in [5.41, 5.74) is 9.14. The van der Waals surface area contributed by atoms with E-state index in [1.165, 1.54) is 0 Å². The first-order valence-electron chi connectivity index (χ1n) is 6.02. The van der Waals surface area contributed by atoms with Crippen molar-refractivity contribution in [2.45, 2.75) is 0 Å². The van der Waals surface area contributed by atoms with Crippen molar-refractivity contribution in [2.75, 3.05) is 5.73 Å². The van der Waals surface area contributed by atoms with Gasteiger partial charge >= 0.3 is 0 Å². The van der Waals surface area contributed by atoms with Crippen molar-refractivity contribution >= 4 is 49.3 Å². The van der Waals surface area contributed by atoms with Gasteiger partial charge in [-0.1, -0.05) is 60.8 Å². The molecule has 0 aliphatic carbocycles. The number of anilines is 1. The molecule has 3 rings (SSSR count). The van der Waals surface area contributed by atoms with Gasteiger partial charge in [0.1, 0.15) is 5.69 Å². The first-order chi connectivity index (χ1) is 10.0. The zero-order valence-corrected chi connectivity index (χ0v) is 14.5. The average molecular weight is 429 g/mol. The Balaban J connectivity index is 2.19. The number of aromatic nitrogens is 1. The Labute approximate surface area is 143 Å². The van der Waals surface area contributed by atoms with Crippen molar-refractivity contribution in [2.24, 2.45) is 0 Å². The third-order valence-electron chi connectivity index (χ3n) is 2.99. The van der Waals surface area contributed by atoms with E-state index in [0.717, 1.165) is 25.6 Å². The van der Waals surface area contributed by atoms with Crippen LogP contribution >= 0.6 is 43.5 Å². The minimum Gasteiger partial charge on any atom is -0.367 e. The summed E-state index contributed by atoms with van der Waals surface area (Å²) >= 11 is 12.9. The number of hydrogen-bond acceptors (Lipinski definition) is 3. The van der Waals surface area contributed by atoms with E-state index in [2.05, 4.69) is 37.0 Å². The fourth-order valence-electron chi connectivity index (χ4n) is 2.09. The van der Waals surface area contributed by atoms with E-state index >= 15 is 0 Å². The molecule has 0 radical (unpaired) electrons. The topological polar surface area (TPSA) is 52.0 Å². The lowest BCUT2D eigenvalue weighted by molar-refractivity contribution is 0.439. The predicted molar refractivity (Wildman–Crippen MR) is 92.2 cm³/mol. The van der Waals surface area contributed by atoms with E-state index in [1.54, 1.807) is 0 Å². The molecule has 0 saturated carbocycles. The number of nitrogen functional groups attached to an aromatic ring is 1. The first kappa shape index (κ1) is 14.6. The highest BCUT2D eigenvalue weighted by molar-refractivity contribution is 9.10. The lowest BCUT2D eigenvalue weighted by Gasteiger charge is -2.04. The maximum Gasteiger partial charge on any atom is 0.230 e. The minimum atomic E-state index is 0.281. The van der Waals surface area contributed by atoms with Crippen molar-refractivity contribution in [3.8, 4) is 22.4 Å². The standard InChI is InChI=1S/C15H9Br2ClN2O/c16-10-3-1-8(2-4-10)13-14(20-21-15(13)19)9-5-11(17)7-12(18)6-9/h1-7H,19H2. The Kier molecular flexibility index (Phi) is 4.06. The lowest BCUT2D eigenvalue weighted by atomic mass is 10.0. The molecular formula is C15H9Br2ClN2O. The maximum absolute atomic E-state index is 6.10. The summed E-state index contributed by atoms with van der Waals surface area (Å²) < 4.78 is 7.03. The molecule has 3 nitrogen and oxygen atoms in total. The molecule has 3 aromatic rings. The van der Waals surface area contributed by atoms with E-state index in [0.29, 0.717) is 10.7 Å². The van der Waals surface area contributed by atoms with Crippen molar-refractivity contribution in [1.29, 1.82) is 0 Å². The molecule has 0 saturated heterocycles. The van der Waals surface area contributed by atoms with Gasteiger partial charge in [-0.3, -0.25) is 0 Å². The lowest BCUT2D eigenvalue weighted by Crippen LogP contribution is -1.88. The first-order valence-corrected chi connectivity index (χ1v) is 7.98. The minimum absolute atomic E-state index is 0.281. The second-order valence-electron chi connectivity index (χ2n) is 4.44. The van der Waals surface area contributed by atoms with E-state index in [4.69, 9.17) is 21.9 Å². The van der Waals surface area contributed by atoms with Gasteiger partial charge in [-0.05, 0) is 35.9 Å². The van der Waals surface area contributed by atoms with Crippen LogP contribution in [0, 0.1) is 0 Å². The van der Waals surface area contributed by atoms with E-state index in [9.17, 15) is 0 Å². The smallest absolute Gasteiger partial charge is 0.230 e. The van der Waals surface area contributed by atoms with Crippen LogP contribution in [-0.4, -0.2) is 5.16 Å². The zero-order valence-electron chi connectivity index (χ0n) is 10.6. The fourth-order valence-corrected chi connectivity index (χ4v) is 3.21. The average Bonchev–Trinajstić information content (AvgIpc) is 2.80. The van der Waals surface area contributed by atoms with Crippen molar-refractivity contribution in [3.63, 3.8) is 0 Å². The highest BCUT2D eigenvalue weighted by Gasteiger charge is 2.18. The highest BCUT2D eigenvalue weighted by Crippen LogP contribution is 2.38. The quantitative estimate of drug-likeness (QED) is 0.564. The second kappa shape index (κ2) is 5.83. The summed E-state index contributed by atoms with van der Waals surface area (Å²) in [5, 5.41) is 4.69.